The molecule has 24 heavy (non-hydrogen) atoms. The van der Waals surface area contributed by atoms with E-state index in [0.29, 0.717) is 5.92 Å². The number of hydrogen-bond acceptors (Lipinski definition) is 2. The van der Waals surface area contributed by atoms with E-state index in [-0.39, 0.29) is 6.04 Å². The molecule has 3 aromatic carbocycles. The lowest BCUT2D eigenvalue weighted by molar-refractivity contribution is 0.00843. The molecule has 120 valence electrons. The van der Waals surface area contributed by atoms with E-state index < -0.39 is 0 Å². The first-order chi connectivity index (χ1) is 11.9. The van der Waals surface area contributed by atoms with Gasteiger partial charge in [0, 0.05) is 11.6 Å². The molecule has 0 aliphatic carbocycles. The van der Waals surface area contributed by atoms with Gasteiger partial charge in [0.05, 0.1) is 19.3 Å². The summed E-state index contributed by atoms with van der Waals surface area (Å²) >= 11 is 0. The fourth-order valence-corrected chi connectivity index (χ4v) is 3.10. The molecule has 1 heterocycles. The van der Waals surface area contributed by atoms with Crippen molar-refractivity contribution in [1.82, 2.24) is 0 Å². The molecular weight excluding hydrogens is 294 g/mol. The van der Waals surface area contributed by atoms with Gasteiger partial charge in [-0.25, -0.2) is 0 Å². The number of ether oxygens (including phenoxy) is 1. The lowest BCUT2D eigenvalue weighted by atomic mass is 9.96. The monoisotopic (exact) mass is 315 g/mol. The van der Waals surface area contributed by atoms with Gasteiger partial charge < -0.3 is 10.1 Å². The van der Waals surface area contributed by atoms with Gasteiger partial charge in [0.25, 0.3) is 0 Å². The van der Waals surface area contributed by atoms with E-state index >= 15 is 0 Å². The normalized spacial score (nSPS) is 14.4. The maximum absolute atomic E-state index is 5.28. The minimum atomic E-state index is 0.144. The van der Waals surface area contributed by atoms with Crippen LogP contribution in [0.1, 0.15) is 28.7 Å². The number of nitrogens with one attached hydrogen (secondary N) is 1. The summed E-state index contributed by atoms with van der Waals surface area (Å²) in [5.74, 6) is 0.568. The lowest BCUT2D eigenvalue weighted by Gasteiger charge is -2.27. The summed E-state index contributed by atoms with van der Waals surface area (Å²) in [6.07, 6.45) is 0. The number of anilines is 1. The van der Waals surface area contributed by atoms with Crippen molar-refractivity contribution < 1.29 is 4.74 Å². The van der Waals surface area contributed by atoms with E-state index in [2.05, 4.69) is 90.2 Å². The summed E-state index contributed by atoms with van der Waals surface area (Å²) in [6, 6.07) is 30.1. The quantitative estimate of drug-likeness (QED) is 0.715. The Morgan fingerprint density at radius 3 is 1.71 bits per heavy atom. The minimum Gasteiger partial charge on any atom is -0.380 e. The van der Waals surface area contributed by atoms with Gasteiger partial charge in [0.2, 0.25) is 0 Å². The molecule has 3 aromatic rings. The Bertz CT molecular complexity index is 725. The molecule has 1 N–H and O–H groups in total. The molecule has 4 rings (SSSR count). The van der Waals surface area contributed by atoms with Gasteiger partial charge in [0.15, 0.2) is 0 Å². The summed E-state index contributed by atoms with van der Waals surface area (Å²) in [5, 5.41) is 3.68. The molecule has 0 bridgehead atoms. The number of rotatable bonds is 5. The summed E-state index contributed by atoms with van der Waals surface area (Å²) in [4.78, 5) is 0. The fourth-order valence-electron chi connectivity index (χ4n) is 3.10. The lowest BCUT2D eigenvalue weighted by Crippen LogP contribution is -2.24. The predicted molar refractivity (Wildman–Crippen MR) is 98.4 cm³/mol. The summed E-state index contributed by atoms with van der Waals surface area (Å²) in [6.45, 7) is 1.70. The first-order valence-corrected chi connectivity index (χ1v) is 8.44. The van der Waals surface area contributed by atoms with Crippen LogP contribution in [0.2, 0.25) is 0 Å². The highest BCUT2D eigenvalue weighted by molar-refractivity contribution is 5.50. The third-order valence-electron chi connectivity index (χ3n) is 4.60. The molecule has 1 fully saturated rings. The van der Waals surface area contributed by atoms with Gasteiger partial charge in [0.1, 0.15) is 0 Å². The van der Waals surface area contributed by atoms with Crippen LogP contribution in [0.25, 0.3) is 0 Å². The second-order valence-corrected chi connectivity index (χ2v) is 6.26. The van der Waals surface area contributed by atoms with Gasteiger partial charge in [-0.15, -0.1) is 0 Å². The highest BCUT2D eigenvalue weighted by Gasteiger charge is 2.20. The first-order valence-electron chi connectivity index (χ1n) is 8.44. The molecule has 0 saturated carbocycles. The van der Waals surface area contributed by atoms with E-state index in [1.54, 1.807) is 0 Å². The molecule has 2 heteroatoms. The van der Waals surface area contributed by atoms with Crippen LogP contribution < -0.4 is 5.32 Å². The van der Waals surface area contributed by atoms with Crippen LogP contribution in [0.15, 0.2) is 84.9 Å². The Labute approximate surface area is 143 Å². The third kappa shape index (κ3) is 3.19. The Kier molecular flexibility index (Phi) is 4.30. The van der Waals surface area contributed by atoms with Crippen LogP contribution >= 0.6 is 0 Å². The standard InChI is InChI=1S/C22H21NO/c1-3-7-18(8-4-1)22(19-9-5-2-6-10-19)23-21-13-11-17(12-14-21)20-15-24-16-20/h1-14,20,22-23H,15-16H2. The maximum atomic E-state index is 5.28. The highest BCUT2D eigenvalue weighted by Crippen LogP contribution is 2.29. The Balaban J connectivity index is 1.60. The van der Waals surface area contributed by atoms with Crippen LogP contribution in [0.4, 0.5) is 5.69 Å². The smallest absolute Gasteiger partial charge is 0.0767 e. The van der Waals surface area contributed by atoms with Crippen molar-refractivity contribution in [2.45, 2.75) is 12.0 Å². The maximum Gasteiger partial charge on any atom is 0.0767 e. The Morgan fingerprint density at radius 1 is 0.708 bits per heavy atom. The summed E-state index contributed by atoms with van der Waals surface area (Å²) < 4.78 is 5.28. The zero-order chi connectivity index (χ0) is 16.2. The van der Waals surface area contributed by atoms with Gasteiger partial charge in [-0.1, -0.05) is 72.8 Å². The topological polar surface area (TPSA) is 21.3 Å². The van der Waals surface area contributed by atoms with Gasteiger partial charge in [-0.2, -0.15) is 0 Å². The number of benzene rings is 3. The van der Waals surface area contributed by atoms with E-state index in [0.717, 1.165) is 18.9 Å². The van der Waals surface area contributed by atoms with E-state index in [1.165, 1.54) is 16.7 Å². The van der Waals surface area contributed by atoms with Crippen LogP contribution in [0.3, 0.4) is 0 Å². The zero-order valence-corrected chi connectivity index (χ0v) is 13.6. The molecule has 0 atom stereocenters. The van der Waals surface area contributed by atoms with Gasteiger partial charge in [-0.05, 0) is 28.8 Å². The largest absolute Gasteiger partial charge is 0.380 e. The van der Waals surface area contributed by atoms with E-state index in [4.69, 9.17) is 4.74 Å². The fraction of sp³-hybridized carbons (Fsp3) is 0.182. The Morgan fingerprint density at radius 2 is 1.25 bits per heavy atom. The first kappa shape index (κ1) is 15.0. The molecule has 1 aliphatic heterocycles. The molecule has 0 unspecified atom stereocenters. The highest BCUT2D eigenvalue weighted by atomic mass is 16.5. The second kappa shape index (κ2) is 6.90. The average Bonchev–Trinajstić information content (AvgIpc) is 2.61. The zero-order valence-electron chi connectivity index (χ0n) is 13.6. The van der Waals surface area contributed by atoms with Crippen LogP contribution in [0.5, 0.6) is 0 Å². The molecule has 0 amide bonds. The van der Waals surface area contributed by atoms with Crippen molar-refractivity contribution in [3.63, 3.8) is 0 Å². The molecule has 2 nitrogen and oxygen atoms in total. The van der Waals surface area contributed by atoms with Gasteiger partial charge in [-0.3, -0.25) is 0 Å². The second-order valence-electron chi connectivity index (χ2n) is 6.26. The van der Waals surface area contributed by atoms with Crippen LogP contribution in [-0.2, 0) is 4.74 Å². The minimum absolute atomic E-state index is 0.144. The summed E-state index contributed by atoms with van der Waals surface area (Å²) in [5.41, 5.74) is 5.03. The van der Waals surface area contributed by atoms with Crippen molar-refractivity contribution in [2.24, 2.45) is 0 Å². The number of hydrogen-bond donors (Lipinski definition) is 1. The van der Waals surface area contributed by atoms with Crippen molar-refractivity contribution in [1.29, 1.82) is 0 Å². The van der Waals surface area contributed by atoms with Crippen LogP contribution in [0, 0.1) is 0 Å². The average molecular weight is 315 g/mol. The molecule has 1 saturated heterocycles. The van der Waals surface area contributed by atoms with E-state index in [1.807, 2.05) is 0 Å². The van der Waals surface area contributed by atoms with Crippen molar-refractivity contribution in [3.8, 4) is 0 Å². The van der Waals surface area contributed by atoms with E-state index in [9.17, 15) is 0 Å². The van der Waals surface area contributed by atoms with Gasteiger partial charge >= 0.3 is 0 Å². The molecule has 0 radical (unpaired) electrons. The molecular formula is C22H21NO. The molecule has 0 aromatic heterocycles. The predicted octanol–water partition coefficient (Wildman–Crippen LogP) is 5.00. The Hall–Kier alpha value is -2.58. The SMILES string of the molecule is c1ccc(C(Nc2ccc(C3COC3)cc2)c2ccccc2)cc1. The molecule has 0 spiro atoms. The third-order valence-corrected chi connectivity index (χ3v) is 4.60. The van der Waals surface area contributed by atoms with Crippen molar-refractivity contribution in [3.05, 3.63) is 102 Å². The van der Waals surface area contributed by atoms with Crippen LogP contribution in [-0.4, -0.2) is 13.2 Å². The van der Waals surface area contributed by atoms with Crippen molar-refractivity contribution >= 4 is 5.69 Å². The summed E-state index contributed by atoms with van der Waals surface area (Å²) in [7, 11) is 0. The van der Waals surface area contributed by atoms with Crippen molar-refractivity contribution in [2.75, 3.05) is 18.5 Å². The molecule has 1 aliphatic rings.